The zero-order chi connectivity index (χ0) is 26.1. The van der Waals surface area contributed by atoms with Crippen LogP contribution in [0.25, 0.3) is 10.8 Å². The number of hydrazone groups is 1. The van der Waals surface area contributed by atoms with E-state index in [4.69, 9.17) is 10.5 Å². The molecule has 2 aliphatic carbocycles. The van der Waals surface area contributed by atoms with Crippen molar-refractivity contribution in [2.75, 3.05) is 26.3 Å². The summed E-state index contributed by atoms with van der Waals surface area (Å²) in [4.78, 5) is 27.2. The third-order valence-corrected chi connectivity index (χ3v) is 7.77. The maximum absolute atomic E-state index is 13.9. The minimum Gasteiger partial charge on any atom is -0.508 e. The Balaban J connectivity index is 1.72. The number of nitrogens with two attached hydrogens (primary N) is 1. The number of phenolic OH excluding ortho intramolecular Hbond substituents is 2. The van der Waals surface area contributed by atoms with E-state index < -0.39 is 40.6 Å². The third kappa shape index (κ3) is 3.18. The summed E-state index contributed by atoms with van der Waals surface area (Å²) in [5.74, 6) is -4.24. The van der Waals surface area contributed by atoms with Gasteiger partial charge >= 0.3 is 0 Å². The lowest BCUT2D eigenvalue weighted by atomic mass is 9.61. The van der Waals surface area contributed by atoms with Crippen LogP contribution in [0.2, 0.25) is 0 Å². The third-order valence-electron chi connectivity index (χ3n) is 7.77. The van der Waals surface area contributed by atoms with Gasteiger partial charge in [-0.25, -0.2) is 0 Å². The van der Waals surface area contributed by atoms with Crippen LogP contribution in [-0.2, 0) is 16.0 Å². The topological polar surface area (TPSA) is 166 Å². The number of carbonyl (C=O) groups excluding carboxylic acids is 2. The highest BCUT2D eigenvalue weighted by atomic mass is 16.5. The van der Waals surface area contributed by atoms with Crippen molar-refractivity contribution >= 4 is 28.1 Å². The van der Waals surface area contributed by atoms with Crippen LogP contribution in [0.4, 0.5) is 0 Å². The van der Waals surface area contributed by atoms with E-state index in [1.165, 1.54) is 6.92 Å². The number of Topliss-reactive ketones (excluding diaryl/α,β-unsaturated/α-hetero) is 2. The van der Waals surface area contributed by atoms with Crippen molar-refractivity contribution < 1.29 is 34.8 Å². The minimum atomic E-state index is -2.55. The summed E-state index contributed by atoms with van der Waals surface area (Å²) in [6.07, 6.45) is -0.0363. The lowest BCUT2D eigenvalue weighted by Crippen LogP contribution is -2.63. The second-order valence-electron chi connectivity index (χ2n) is 9.75. The van der Waals surface area contributed by atoms with Gasteiger partial charge in [-0.3, -0.25) is 14.6 Å². The Bertz CT molecular complexity index is 1390. The molecular formula is C26H29N3O7. The van der Waals surface area contributed by atoms with Crippen molar-refractivity contribution in [3.63, 3.8) is 0 Å². The molecule has 1 saturated heterocycles. The van der Waals surface area contributed by atoms with Crippen LogP contribution in [0.1, 0.15) is 34.0 Å². The first-order chi connectivity index (χ1) is 17.0. The molecule has 2 aromatic rings. The molecule has 0 amide bonds. The van der Waals surface area contributed by atoms with Gasteiger partial charge in [0.1, 0.15) is 17.3 Å². The van der Waals surface area contributed by atoms with Crippen molar-refractivity contribution in [1.82, 2.24) is 5.01 Å². The molecule has 0 aromatic heterocycles. The lowest BCUT2D eigenvalue weighted by molar-refractivity contribution is -0.122. The molecule has 1 fully saturated rings. The first-order valence-corrected chi connectivity index (χ1v) is 11.9. The van der Waals surface area contributed by atoms with Gasteiger partial charge in [-0.2, -0.15) is 5.10 Å². The van der Waals surface area contributed by atoms with Crippen molar-refractivity contribution in [3.8, 4) is 11.5 Å². The number of hydrogen-bond acceptors (Lipinski definition) is 10. The van der Waals surface area contributed by atoms with E-state index >= 15 is 0 Å². The Hall–Kier alpha value is -3.47. The van der Waals surface area contributed by atoms with Crippen molar-refractivity contribution in [2.45, 2.75) is 38.8 Å². The van der Waals surface area contributed by atoms with E-state index in [1.54, 1.807) is 31.0 Å². The number of fused-ring (bicyclic) bond motifs is 3. The van der Waals surface area contributed by atoms with Gasteiger partial charge in [-0.15, -0.1) is 0 Å². The number of aromatic hydroxyl groups is 2. The first kappa shape index (κ1) is 24.2. The summed E-state index contributed by atoms with van der Waals surface area (Å²) in [6, 6.07) is 2.14. The van der Waals surface area contributed by atoms with Crippen LogP contribution in [0, 0.1) is 19.8 Å². The number of nitrogens with zero attached hydrogens (tertiary/aromatic N) is 2. The number of carbonyl (C=O) groups is 2. The normalized spacial score (nSPS) is 26.9. The van der Waals surface area contributed by atoms with Crippen LogP contribution in [0.5, 0.6) is 11.5 Å². The molecule has 3 atom stereocenters. The van der Waals surface area contributed by atoms with Crippen LogP contribution in [0.15, 0.2) is 28.6 Å². The minimum absolute atomic E-state index is 0.0363. The Morgan fingerprint density at radius 2 is 1.81 bits per heavy atom. The van der Waals surface area contributed by atoms with Gasteiger partial charge in [-0.1, -0.05) is 12.1 Å². The van der Waals surface area contributed by atoms with Crippen molar-refractivity contribution in [2.24, 2.45) is 16.8 Å². The molecule has 1 heterocycles. The molecule has 1 aliphatic heterocycles. The van der Waals surface area contributed by atoms with E-state index in [0.717, 1.165) is 0 Å². The zero-order valence-electron chi connectivity index (χ0n) is 20.3. The highest BCUT2D eigenvalue weighted by Crippen LogP contribution is 2.50. The Labute approximate surface area is 207 Å². The molecule has 0 radical (unpaired) electrons. The zero-order valence-corrected chi connectivity index (χ0v) is 20.3. The highest BCUT2D eigenvalue weighted by molar-refractivity contribution is 6.26. The quantitative estimate of drug-likeness (QED) is 0.387. The SMILES string of the molecule is C/C(=N\N1CCOCC1)C1=C(O)[C@@]2(O)C(=O)c3c(c(C)c4ccc(C)c(O)c4c3O)C[C@H]2[C@@H](N)C1=O. The number of aliphatic hydroxyl groups is 2. The van der Waals surface area contributed by atoms with E-state index in [2.05, 4.69) is 5.10 Å². The average Bonchev–Trinajstić information content (AvgIpc) is 2.85. The highest BCUT2D eigenvalue weighted by Gasteiger charge is 2.60. The summed E-state index contributed by atoms with van der Waals surface area (Å²) in [5.41, 5.74) is 4.91. The predicted octanol–water partition coefficient (Wildman–Crippen LogP) is 1.38. The largest absolute Gasteiger partial charge is 0.508 e. The number of morpholine rings is 1. The van der Waals surface area contributed by atoms with Gasteiger partial charge in [0, 0.05) is 5.92 Å². The van der Waals surface area contributed by atoms with Crippen molar-refractivity contribution in [1.29, 1.82) is 0 Å². The molecule has 10 nitrogen and oxygen atoms in total. The maximum Gasteiger partial charge on any atom is 0.206 e. The van der Waals surface area contributed by atoms with E-state index in [9.17, 15) is 30.0 Å². The number of aryl methyl sites for hydroxylation is 2. The molecule has 10 heteroatoms. The molecule has 0 unspecified atom stereocenters. The fourth-order valence-electron chi connectivity index (χ4n) is 5.68. The van der Waals surface area contributed by atoms with Gasteiger partial charge in [0.05, 0.1) is 54.6 Å². The molecule has 190 valence electrons. The number of aliphatic hydroxyl groups excluding tert-OH is 1. The van der Waals surface area contributed by atoms with Gasteiger partial charge in [0.15, 0.2) is 11.4 Å². The number of ether oxygens (including phenoxy) is 1. The summed E-state index contributed by atoms with van der Waals surface area (Å²) in [7, 11) is 0. The summed E-state index contributed by atoms with van der Waals surface area (Å²) in [5, 5.41) is 51.5. The molecule has 2 aromatic carbocycles. The number of phenols is 2. The predicted molar refractivity (Wildman–Crippen MR) is 131 cm³/mol. The van der Waals surface area contributed by atoms with Gasteiger partial charge < -0.3 is 30.9 Å². The molecule has 0 spiro atoms. The average molecular weight is 496 g/mol. The molecule has 5 rings (SSSR count). The standard InChI is InChI=1S/C26H29N3O7/c1-11-4-5-14-12(2)15-10-16-20(27)23(32)17(13(3)28-29-6-8-36-9-7-29)24(33)26(16,35)25(34)19(15)22(31)18(14)21(11)30/h4-5,16,20,30-31,33,35H,6-10,27H2,1-3H3/b28-13+/t16-,20+,26+/m0/s1. The fourth-order valence-corrected chi connectivity index (χ4v) is 5.68. The lowest BCUT2D eigenvalue weighted by Gasteiger charge is -2.45. The Morgan fingerprint density at radius 3 is 2.47 bits per heavy atom. The van der Waals surface area contributed by atoms with E-state index in [-0.39, 0.29) is 34.4 Å². The smallest absolute Gasteiger partial charge is 0.206 e. The summed E-state index contributed by atoms with van der Waals surface area (Å²) in [6.45, 7) is 6.78. The molecule has 6 N–H and O–H groups in total. The Morgan fingerprint density at radius 1 is 1.14 bits per heavy atom. The Kier molecular flexibility index (Phi) is 5.58. The number of rotatable bonds is 2. The second-order valence-corrected chi connectivity index (χ2v) is 9.75. The van der Waals surface area contributed by atoms with E-state index in [0.29, 0.717) is 48.4 Å². The number of benzene rings is 2. The van der Waals surface area contributed by atoms with E-state index in [1.807, 2.05) is 0 Å². The van der Waals surface area contributed by atoms with Crippen LogP contribution >= 0.6 is 0 Å². The summed E-state index contributed by atoms with van der Waals surface area (Å²) < 4.78 is 5.30. The van der Waals surface area contributed by atoms with Crippen LogP contribution in [0.3, 0.4) is 0 Å². The van der Waals surface area contributed by atoms with Gasteiger partial charge in [-0.05, 0) is 49.3 Å². The van der Waals surface area contributed by atoms with Gasteiger partial charge in [0.2, 0.25) is 5.78 Å². The molecule has 0 saturated carbocycles. The molecular weight excluding hydrogens is 466 g/mol. The first-order valence-electron chi connectivity index (χ1n) is 11.9. The number of hydrogen-bond donors (Lipinski definition) is 5. The number of ketones is 2. The fraction of sp³-hybridized carbons (Fsp3) is 0.423. The van der Waals surface area contributed by atoms with Crippen LogP contribution in [-0.4, -0.2) is 80.7 Å². The molecule has 3 aliphatic rings. The monoisotopic (exact) mass is 495 g/mol. The second kappa shape index (κ2) is 8.29. The molecule has 36 heavy (non-hydrogen) atoms. The maximum atomic E-state index is 13.9. The molecule has 0 bridgehead atoms. The van der Waals surface area contributed by atoms with Gasteiger partial charge in [0.25, 0.3) is 0 Å². The summed E-state index contributed by atoms with van der Waals surface area (Å²) >= 11 is 0. The van der Waals surface area contributed by atoms with Crippen molar-refractivity contribution in [3.05, 3.63) is 45.7 Å². The van der Waals surface area contributed by atoms with Crippen LogP contribution < -0.4 is 5.73 Å².